The van der Waals surface area contributed by atoms with Crippen molar-refractivity contribution in [3.8, 4) is 0 Å². The van der Waals surface area contributed by atoms with Crippen molar-refractivity contribution < 1.29 is 8.78 Å². The molecule has 0 aliphatic carbocycles. The fourth-order valence-corrected chi connectivity index (χ4v) is 0.286. The summed E-state index contributed by atoms with van der Waals surface area (Å²) < 4.78 is 22.0. The summed E-state index contributed by atoms with van der Waals surface area (Å²) >= 11 is 9.76. The molecule has 0 fully saturated rings. The van der Waals surface area contributed by atoms with Crippen LogP contribution in [0.5, 0.6) is 0 Å². The lowest BCUT2D eigenvalue weighted by Crippen LogP contribution is -1.74. The maximum Gasteiger partial charge on any atom is 0.269 e. The Bertz CT molecular complexity index is 75.0. The Hall–Kier alpha value is 0.180. The molecule has 0 saturated heterocycles. The van der Waals surface area contributed by atoms with Gasteiger partial charge < -0.3 is 0 Å². The molecule has 0 rings (SSSR count). The van der Waals surface area contributed by atoms with Crippen molar-refractivity contribution in [1.82, 2.24) is 0 Å². The first-order chi connectivity index (χ1) is 3.13. The minimum absolute atomic E-state index is 0.448. The molecule has 0 amide bonds. The monoisotopic (exact) mass is 146 g/mol. The van der Waals surface area contributed by atoms with E-state index in [1.54, 1.807) is 0 Å². The highest BCUT2D eigenvalue weighted by Crippen LogP contribution is 2.07. The van der Waals surface area contributed by atoms with Crippen LogP contribution >= 0.6 is 23.2 Å². The van der Waals surface area contributed by atoms with Crippen LogP contribution in [0.3, 0.4) is 0 Å². The number of allylic oxidation sites excluding steroid dienone is 1. The van der Waals surface area contributed by atoms with Crippen molar-refractivity contribution in [2.45, 2.75) is 4.84 Å². The Labute approximate surface area is 49.7 Å². The molecule has 0 saturated carbocycles. The van der Waals surface area contributed by atoms with Crippen LogP contribution in [0.25, 0.3) is 0 Å². The minimum Gasteiger partial charge on any atom is -0.174 e. The largest absolute Gasteiger partial charge is 0.269 e. The molecular formula is C3H2Cl2F2. The molecule has 4 heteroatoms. The fraction of sp³-hybridized carbons (Fsp3) is 0.333. The molecule has 0 aromatic carbocycles. The molecule has 0 spiro atoms. The molecule has 0 N–H and O–H groups in total. The normalized spacial score (nSPS) is 9.29. The van der Waals surface area contributed by atoms with E-state index in [0.717, 1.165) is 0 Å². The number of halogens is 4. The molecule has 0 atom stereocenters. The standard InChI is InChI=1S/C3H2Cl2F2/c4-2(5)1-3(6)7/h1-2H. The number of rotatable bonds is 1. The van der Waals surface area contributed by atoms with Crippen molar-refractivity contribution >= 4 is 23.2 Å². The Balaban J connectivity index is 3.45. The second-order valence-corrected chi connectivity index (χ2v) is 1.95. The summed E-state index contributed by atoms with van der Waals surface area (Å²) in [6.07, 6.45) is -1.40. The van der Waals surface area contributed by atoms with Crippen LogP contribution in [0.2, 0.25) is 0 Å². The summed E-state index contributed by atoms with van der Waals surface area (Å²) in [5, 5.41) is 0. The molecular weight excluding hydrogens is 145 g/mol. The van der Waals surface area contributed by atoms with Gasteiger partial charge in [0.2, 0.25) is 0 Å². The Morgan fingerprint density at radius 1 is 1.43 bits per heavy atom. The predicted molar refractivity (Wildman–Crippen MR) is 25.8 cm³/mol. The number of alkyl halides is 2. The lowest BCUT2D eigenvalue weighted by atomic mass is 10.7. The van der Waals surface area contributed by atoms with Crippen molar-refractivity contribution in [2.24, 2.45) is 0 Å². The zero-order valence-corrected chi connectivity index (χ0v) is 4.68. The molecule has 0 bridgehead atoms. The van der Waals surface area contributed by atoms with Crippen molar-refractivity contribution in [1.29, 1.82) is 0 Å². The van der Waals surface area contributed by atoms with Gasteiger partial charge in [0.1, 0.15) is 4.84 Å². The van der Waals surface area contributed by atoms with E-state index in [1.807, 2.05) is 0 Å². The third-order valence-corrected chi connectivity index (χ3v) is 0.504. The van der Waals surface area contributed by atoms with Gasteiger partial charge in [-0.25, -0.2) is 0 Å². The Morgan fingerprint density at radius 3 is 1.86 bits per heavy atom. The van der Waals surface area contributed by atoms with Crippen LogP contribution in [0.1, 0.15) is 0 Å². The third kappa shape index (κ3) is 6.18. The van der Waals surface area contributed by atoms with E-state index in [-0.39, 0.29) is 0 Å². The molecule has 7 heavy (non-hydrogen) atoms. The van der Waals surface area contributed by atoms with Crippen LogP contribution in [-0.4, -0.2) is 4.84 Å². The maximum atomic E-state index is 11.0. The van der Waals surface area contributed by atoms with Gasteiger partial charge >= 0.3 is 0 Å². The minimum atomic E-state index is -1.85. The molecule has 0 aromatic rings. The summed E-state index contributed by atoms with van der Waals surface area (Å²) in [5.41, 5.74) is 0. The summed E-state index contributed by atoms with van der Waals surface area (Å²) in [6, 6.07) is 0. The van der Waals surface area contributed by atoms with Gasteiger partial charge in [-0.3, -0.25) is 0 Å². The van der Waals surface area contributed by atoms with Crippen LogP contribution in [-0.2, 0) is 0 Å². The molecule has 0 aliphatic heterocycles. The van der Waals surface area contributed by atoms with E-state index >= 15 is 0 Å². The lowest BCUT2D eigenvalue weighted by molar-refractivity contribution is 0.420. The van der Waals surface area contributed by atoms with E-state index in [2.05, 4.69) is 0 Å². The highest BCUT2D eigenvalue weighted by Gasteiger charge is 1.94. The fourth-order valence-electron chi connectivity index (χ4n) is 0.0952. The third-order valence-electron chi connectivity index (χ3n) is 0.252. The maximum absolute atomic E-state index is 11.0. The molecule has 0 heterocycles. The molecule has 0 aromatic heterocycles. The highest BCUT2D eigenvalue weighted by molar-refractivity contribution is 6.45. The Morgan fingerprint density at radius 2 is 1.86 bits per heavy atom. The summed E-state index contributed by atoms with van der Waals surface area (Å²) in [7, 11) is 0. The van der Waals surface area contributed by atoms with Crippen LogP contribution in [0, 0.1) is 0 Å². The van der Waals surface area contributed by atoms with Crippen molar-refractivity contribution in [2.75, 3.05) is 0 Å². The molecule has 0 aliphatic rings. The highest BCUT2D eigenvalue weighted by atomic mass is 35.5. The predicted octanol–water partition coefficient (Wildman–Crippen LogP) is 2.57. The first-order valence-corrected chi connectivity index (χ1v) is 2.31. The summed E-state index contributed by atoms with van der Waals surface area (Å²) in [4.78, 5) is -1.09. The first kappa shape index (κ1) is 7.18. The smallest absolute Gasteiger partial charge is 0.174 e. The van der Waals surface area contributed by atoms with E-state index < -0.39 is 10.9 Å². The molecule has 0 radical (unpaired) electrons. The topological polar surface area (TPSA) is 0 Å². The zero-order chi connectivity index (χ0) is 5.86. The van der Waals surface area contributed by atoms with Gasteiger partial charge in [-0.1, -0.05) is 0 Å². The SMILES string of the molecule is FC(F)=CC(Cl)Cl. The zero-order valence-electron chi connectivity index (χ0n) is 3.17. The van der Waals surface area contributed by atoms with Crippen LogP contribution in [0.15, 0.2) is 12.2 Å². The van der Waals surface area contributed by atoms with Crippen molar-refractivity contribution in [3.63, 3.8) is 0 Å². The van der Waals surface area contributed by atoms with Gasteiger partial charge in [-0.15, -0.1) is 23.2 Å². The van der Waals surface area contributed by atoms with E-state index in [1.165, 1.54) is 0 Å². The molecule has 0 unspecified atom stereocenters. The van der Waals surface area contributed by atoms with Gasteiger partial charge in [0.05, 0.1) is 0 Å². The number of hydrogen-bond acceptors (Lipinski definition) is 0. The number of hydrogen-bond donors (Lipinski definition) is 0. The molecule has 42 valence electrons. The van der Waals surface area contributed by atoms with Crippen LogP contribution < -0.4 is 0 Å². The average Bonchev–Trinajstić information content (AvgIpc) is 1.27. The lowest BCUT2D eigenvalue weighted by Gasteiger charge is -1.82. The van der Waals surface area contributed by atoms with E-state index in [9.17, 15) is 8.78 Å². The quantitative estimate of drug-likeness (QED) is 0.500. The first-order valence-electron chi connectivity index (χ1n) is 1.44. The van der Waals surface area contributed by atoms with Crippen LogP contribution in [0.4, 0.5) is 8.78 Å². The average molecular weight is 147 g/mol. The second kappa shape index (κ2) is 3.22. The van der Waals surface area contributed by atoms with Gasteiger partial charge in [0.15, 0.2) is 0 Å². The van der Waals surface area contributed by atoms with E-state index in [4.69, 9.17) is 23.2 Å². The molecule has 0 nitrogen and oxygen atoms in total. The van der Waals surface area contributed by atoms with Gasteiger partial charge in [0, 0.05) is 6.08 Å². The van der Waals surface area contributed by atoms with Gasteiger partial charge in [-0.05, 0) is 0 Å². The second-order valence-electron chi connectivity index (χ2n) is 0.791. The van der Waals surface area contributed by atoms with Crippen molar-refractivity contribution in [3.05, 3.63) is 12.2 Å². The summed E-state index contributed by atoms with van der Waals surface area (Å²) in [5.74, 6) is 0. The van der Waals surface area contributed by atoms with E-state index in [0.29, 0.717) is 6.08 Å². The van der Waals surface area contributed by atoms with Gasteiger partial charge in [0.25, 0.3) is 6.08 Å². The summed E-state index contributed by atoms with van der Waals surface area (Å²) in [6.45, 7) is 0. The Kier molecular flexibility index (Phi) is 3.30. The van der Waals surface area contributed by atoms with Gasteiger partial charge in [-0.2, -0.15) is 8.78 Å².